The minimum absolute atomic E-state index is 0.0414. The van der Waals surface area contributed by atoms with Crippen LogP contribution in [0.3, 0.4) is 0 Å². The van der Waals surface area contributed by atoms with Crippen molar-refractivity contribution in [2.75, 3.05) is 12.4 Å². The van der Waals surface area contributed by atoms with Gasteiger partial charge in [0.2, 0.25) is 5.91 Å². The van der Waals surface area contributed by atoms with Crippen LogP contribution in [0.5, 0.6) is 17.2 Å². The lowest BCUT2D eigenvalue weighted by Gasteiger charge is -2.12. The molecule has 0 aliphatic carbocycles. The second-order valence-electron chi connectivity index (χ2n) is 6.11. The van der Waals surface area contributed by atoms with Crippen LogP contribution in [0.2, 0.25) is 0 Å². The fourth-order valence-electron chi connectivity index (χ4n) is 2.59. The number of methoxy groups -OCH3 is 1. The molecule has 138 valence electrons. The highest BCUT2D eigenvalue weighted by molar-refractivity contribution is 5.93. The van der Waals surface area contributed by atoms with Gasteiger partial charge in [-0.05, 0) is 48.9 Å². The van der Waals surface area contributed by atoms with Gasteiger partial charge in [-0.1, -0.05) is 35.9 Å². The molecule has 3 aromatic rings. The molecule has 0 aliphatic heterocycles. The lowest BCUT2D eigenvalue weighted by Crippen LogP contribution is -2.15. The Bertz CT molecular complexity index is 939. The van der Waals surface area contributed by atoms with Crippen LogP contribution in [0, 0.1) is 12.7 Å². The van der Waals surface area contributed by atoms with Crippen molar-refractivity contribution >= 4 is 11.6 Å². The molecule has 1 amide bonds. The Kier molecular flexibility index (Phi) is 5.71. The number of anilines is 1. The lowest BCUT2D eigenvalue weighted by atomic mass is 10.1. The van der Waals surface area contributed by atoms with Gasteiger partial charge in [0.25, 0.3) is 0 Å². The van der Waals surface area contributed by atoms with Crippen LogP contribution in [0.1, 0.15) is 11.1 Å². The Labute approximate surface area is 157 Å². The molecule has 0 radical (unpaired) electrons. The summed E-state index contributed by atoms with van der Waals surface area (Å²) in [6.45, 7) is 2.00. The third kappa shape index (κ3) is 4.85. The van der Waals surface area contributed by atoms with Gasteiger partial charge in [-0.3, -0.25) is 4.79 Å². The molecule has 1 N–H and O–H groups in total. The zero-order valence-corrected chi connectivity index (χ0v) is 15.2. The summed E-state index contributed by atoms with van der Waals surface area (Å²) in [5.41, 5.74) is 2.25. The number of ether oxygens (including phenoxy) is 2. The Morgan fingerprint density at radius 3 is 2.44 bits per heavy atom. The average molecular weight is 365 g/mol. The molecular weight excluding hydrogens is 345 g/mol. The first-order chi connectivity index (χ1) is 13.0. The maximum absolute atomic E-state index is 13.8. The first-order valence-corrected chi connectivity index (χ1v) is 8.51. The van der Waals surface area contributed by atoms with Crippen LogP contribution in [-0.2, 0) is 11.2 Å². The fourth-order valence-corrected chi connectivity index (χ4v) is 2.59. The van der Waals surface area contributed by atoms with Crippen molar-refractivity contribution in [3.63, 3.8) is 0 Å². The molecule has 27 heavy (non-hydrogen) atoms. The fraction of sp³-hybridized carbons (Fsp3) is 0.136. The summed E-state index contributed by atoms with van der Waals surface area (Å²) in [6, 6.07) is 19.3. The summed E-state index contributed by atoms with van der Waals surface area (Å²) in [5.74, 6) is 0.608. The molecular formula is C22H20FNO3. The Balaban J connectivity index is 1.70. The van der Waals surface area contributed by atoms with Crippen molar-refractivity contribution < 1.29 is 18.7 Å². The van der Waals surface area contributed by atoms with E-state index in [1.54, 1.807) is 18.2 Å². The number of nitrogens with one attached hydrogen (secondary N) is 1. The number of carbonyl (C=O) groups is 1. The second kappa shape index (κ2) is 8.36. The SMILES string of the molecule is COc1ccc(CC(=O)Nc2ccccc2Oc2ccc(C)cc2)cc1F. The zero-order chi connectivity index (χ0) is 19.2. The molecule has 0 heterocycles. The number of para-hydroxylation sites is 2. The highest BCUT2D eigenvalue weighted by Crippen LogP contribution is 2.29. The molecule has 0 aliphatic rings. The van der Waals surface area contributed by atoms with Gasteiger partial charge in [-0.25, -0.2) is 4.39 Å². The molecule has 0 unspecified atom stereocenters. The molecule has 5 heteroatoms. The van der Waals surface area contributed by atoms with E-state index < -0.39 is 5.82 Å². The van der Waals surface area contributed by atoms with E-state index in [0.717, 1.165) is 5.56 Å². The zero-order valence-electron chi connectivity index (χ0n) is 15.2. The molecule has 0 aromatic heterocycles. The molecule has 3 aromatic carbocycles. The highest BCUT2D eigenvalue weighted by atomic mass is 19.1. The third-order valence-electron chi connectivity index (χ3n) is 3.99. The smallest absolute Gasteiger partial charge is 0.228 e. The highest BCUT2D eigenvalue weighted by Gasteiger charge is 2.11. The van der Waals surface area contributed by atoms with Gasteiger partial charge in [0.05, 0.1) is 19.2 Å². The van der Waals surface area contributed by atoms with Crippen molar-refractivity contribution in [3.8, 4) is 17.2 Å². The summed E-state index contributed by atoms with van der Waals surface area (Å²) in [4.78, 5) is 12.4. The van der Waals surface area contributed by atoms with Gasteiger partial charge in [-0.15, -0.1) is 0 Å². The predicted molar refractivity (Wildman–Crippen MR) is 103 cm³/mol. The summed E-state index contributed by atoms with van der Waals surface area (Å²) in [5, 5.41) is 2.82. The number of benzene rings is 3. The van der Waals surface area contributed by atoms with Crippen LogP contribution in [-0.4, -0.2) is 13.0 Å². The monoisotopic (exact) mass is 365 g/mol. The van der Waals surface area contributed by atoms with Gasteiger partial charge in [0, 0.05) is 0 Å². The molecule has 0 bridgehead atoms. The van der Waals surface area contributed by atoms with Crippen molar-refractivity contribution in [2.24, 2.45) is 0 Å². The normalized spacial score (nSPS) is 10.3. The Hall–Kier alpha value is -3.34. The molecule has 4 nitrogen and oxygen atoms in total. The largest absolute Gasteiger partial charge is 0.494 e. The van der Waals surface area contributed by atoms with E-state index in [-0.39, 0.29) is 18.1 Å². The van der Waals surface area contributed by atoms with Gasteiger partial charge in [0.15, 0.2) is 17.3 Å². The number of hydrogen-bond donors (Lipinski definition) is 1. The van der Waals surface area contributed by atoms with Crippen molar-refractivity contribution in [2.45, 2.75) is 13.3 Å². The number of halogens is 1. The van der Waals surface area contributed by atoms with Gasteiger partial charge >= 0.3 is 0 Å². The minimum atomic E-state index is -0.495. The molecule has 0 saturated heterocycles. The van der Waals surface area contributed by atoms with Gasteiger partial charge < -0.3 is 14.8 Å². The Morgan fingerprint density at radius 2 is 1.74 bits per heavy atom. The van der Waals surface area contributed by atoms with Crippen molar-refractivity contribution in [1.82, 2.24) is 0 Å². The number of carbonyl (C=O) groups excluding carboxylic acids is 1. The van der Waals surface area contributed by atoms with E-state index in [0.29, 0.717) is 22.7 Å². The quantitative estimate of drug-likeness (QED) is 0.660. The van der Waals surface area contributed by atoms with E-state index in [1.807, 2.05) is 43.3 Å². The molecule has 0 fully saturated rings. The van der Waals surface area contributed by atoms with E-state index >= 15 is 0 Å². The maximum Gasteiger partial charge on any atom is 0.228 e. The number of hydrogen-bond acceptors (Lipinski definition) is 3. The van der Waals surface area contributed by atoms with Crippen LogP contribution >= 0.6 is 0 Å². The lowest BCUT2D eigenvalue weighted by molar-refractivity contribution is -0.115. The maximum atomic E-state index is 13.8. The number of amides is 1. The first kappa shape index (κ1) is 18.5. The van der Waals surface area contributed by atoms with Crippen LogP contribution in [0.15, 0.2) is 66.7 Å². The molecule has 3 rings (SSSR count). The Morgan fingerprint density at radius 1 is 1.00 bits per heavy atom. The molecule has 0 saturated carbocycles. The molecule has 0 atom stereocenters. The van der Waals surface area contributed by atoms with E-state index in [2.05, 4.69) is 5.32 Å². The topological polar surface area (TPSA) is 47.6 Å². The molecule has 0 spiro atoms. The second-order valence-corrected chi connectivity index (χ2v) is 6.11. The average Bonchev–Trinajstić information content (AvgIpc) is 2.65. The first-order valence-electron chi connectivity index (χ1n) is 8.51. The van der Waals surface area contributed by atoms with Crippen LogP contribution in [0.25, 0.3) is 0 Å². The van der Waals surface area contributed by atoms with E-state index in [1.165, 1.54) is 19.2 Å². The standard InChI is InChI=1S/C22H20FNO3/c1-15-7-10-17(11-8-15)27-21-6-4-3-5-19(21)24-22(25)14-16-9-12-20(26-2)18(23)13-16/h3-13H,14H2,1-2H3,(H,24,25). The number of rotatable bonds is 6. The summed E-state index contributed by atoms with van der Waals surface area (Å²) >= 11 is 0. The van der Waals surface area contributed by atoms with E-state index in [9.17, 15) is 9.18 Å². The van der Waals surface area contributed by atoms with Crippen LogP contribution in [0.4, 0.5) is 10.1 Å². The summed E-state index contributed by atoms with van der Waals surface area (Å²) in [6.07, 6.45) is 0.0414. The van der Waals surface area contributed by atoms with Crippen LogP contribution < -0.4 is 14.8 Å². The third-order valence-corrected chi connectivity index (χ3v) is 3.99. The van der Waals surface area contributed by atoms with Gasteiger partial charge in [-0.2, -0.15) is 0 Å². The van der Waals surface area contributed by atoms with E-state index in [4.69, 9.17) is 9.47 Å². The summed E-state index contributed by atoms with van der Waals surface area (Å²) in [7, 11) is 1.40. The van der Waals surface area contributed by atoms with Crippen molar-refractivity contribution in [1.29, 1.82) is 0 Å². The summed E-state index contributed by atoms with van der Waals surface area (Å²) < 4.78 is 24.5. The van der Waals surface area contributed by atoms with Gasteiger partial charge in [0.1, 0.15) is 5.75 Å². The minimum Gasteiger partial charge on any atom is -0.494 e. The number of aryl methyl sites for hydroxylation is 1. The van der Waals surface area contributed by atoms with Crippen molar-refractivity contribution in [3.05, 3.63) is 83.7 Å². The predicted octanol–water partition coefficient (Wildman–Crippen LogP) is 5.12.